The van der Waals surface area contributed by atoms with Crippen molar-refractivity contribution in [2.75, 3.05) is 33.3 Å². The molecule has 0 bridgehead atoms. The van der Waals surface area contributed by atoms with Gasteiger partial charge in [0.15, 0.2) is 0 Å². The molecule has 3 heterocycles. The largest absolute Gasteiger partial charge is 0.496 e. The number of likely N-dealkylation sites (tertiary alicyclic amines) is 2. The maximum absolute atomic E-state index is 13.2. The number of thiazole rings is 1. The Labute approximate surface area is 227 Å². The van der Waals surface area contributed by atoms with Gasteiger partial charge in [-0.15, -0.1) is 11.3 Å². The highest BCUT2D eigenvalue weighted by Crippen LogP contribution is 2.35. The molecule has 0 N–H and O–H groups in total. The van der Waals surface area contributed by atoms with Crippen molar-refractivity contribution in [1.82, 2.24) is 14.8 Å². The van der Waals surface area contributed by atoms with E-state index < -0.39 is 0 Å². The number of amides is 2. The lowest BCUT2D eigenvalue weighted by Gasteiger charge is -2.32. The summed E-state index contributed by atoms with van der Waals surface area (Å²) >= 11 is 7.80. The summed E-state index contributed by atoms with van der Waals surface area (Å²) in [6.07, 6.45) is 3.89. The van der Waals surface area contributed by atoms with Gasteiger partial charge in [0.25, 0.3) is 5.91 Å². The molecular formula is C29H32ClN3O3S. The van der Waals surface area contributed by atoms with Gasteiger partial charge in [-0.05, 0) is 54.9 Å². The van der Waals surface area contributed by atoms with Crippen LogP contribution >= 0.6 is 22.9 Å². The molecule has 2 aliphatic heterocycles. The van der Waals surface area contributed by atoms with Gasteiger partial charge in [0.05, 0.1) is 18.5 Å². The Kier molecular flexibility index (Phi) is 8.11. The molecule has 37 heavy (non-hydrogen) atoms. The third-order valence-electron chi connectivity index (χ3n) is 7.60. The second-order valence-electron chi connectivity index (χ2n) is 9.80. The van der Waals surface area contributed by atoms with Crippen molar-refractivity contribution in [3.8, 4) is 5.75 Å². The summed E-state index contributed by atoms with van der Waals surface area (Å²) in [6, 6.07) is 15.7. The zero-order chi connectivity index (χ0) is 25.8. The fourth-order valence-corrected chi connectivity index (χ4v) is 6.59. The number of carbonyl (C=O) groups is 2. The maximum atomic E-state index is 13.2. The number of aromatic nitrogens is 1. The Bertz CT molecular complexity index is 1250. The van der Waals surface area contributed by atoms with E-state index >= 15 is 0 Å². The van der Waals surface area contributed by atoms with Gasteiger partial charge in [-0.2, -0.15) is 0 Å². The van der Waals surface area contributed by atoms with Gasteiger partial charge in [-0.25, -0.2) is 4.98 Å². The summed E-state index contributed by atoms with van der Waals surface area (Å²) in [5.74, 6) is 1.74. The first-order valence-corrected chi connectivity index (χ1v) is 14.2. The topological polar surface area (TPSA) is 62.7 Å². The Hall–Kier alpha value is -2.90. The quantitative estimate of drug-likeness (QED) is 0.400. The maximum Gasteiger partial charge on any atom is 0.273 e. The molecule has 2 aliphatic rings. The van der Waals surface area contributed by atoms with Crippen LogP contribution in [0.4, 0.5) is 0 Å². The van der Waals surface area contributed by atoms with Crippen LogP contribution in [-0.2, 0) is 11.2 Å². The molecule has 0 aliphatic carbocycles. The summed E-state index contributed by atoms with van der Waals surface area (Å²) in [5.41, 5.74) is 2.64. The third kappa shape index (κ3) is 5.83. The van der Waals surface area contributed by atoms with Crippen molar-refractivity contribution < 1.29 is 14.3 Å². The van der Waals surface area contributed by atoms with Gasteiger partial charge in [-0.3, -0.25) is 9.59 Å². The number of halogens is 1. The minimum atomic E-state index is 0.0216. The molecule has 1 aromatic heterocycles. The van der Waals surface area contributed by atoms with E-state index in [2.05, 4.69) is 6.07 Å². The van der Waals surface area contributed by atoms with Crippen molar-refractivity contribution in [3.63, 3.8) is 0 Å². The highest BCUT2D eigenvalue weighted by atomic mass is 35.5. The Balaban J connectivity index is 1.13. The van der Waals surface area contributed by atoms with E-state index in [1.54, 1.807) is 18.4 Å². The lowest BCUT2D eigenvalue weighted by molar-refractivity contribution is -0.131. The first kappa shape index (κ1) is 25.7. The number of nitrogens with zero attached hydrogens (tertiary/aromatic N) is 3. The highest BCUT2D eigenvalue weighted by molar-refractivity contribution is 7.09. The van der Waals surface area contributed by atoms with E-state index in [1.807, 2.05) is 57.6 Å². The Morgan fingerprint density at radius 3 is 2.32 bits per heavy atom. The summed E-state index contributed by atoms with van der Waals surface area (Å²) in [6.45, 7) is 2.85. The molecule has 2 saturated heterocycles. The molecular weight excluding hydrogens is 506 g/mol. The molecule has 5 rings (SSSR count). The fraction of sp³-hybridized carbons (Fsp3) is 0.414. The zero-order valence-corrected chi connectivity index (χ0v) is 22.6. The van der Waals surface area contributed by atoms with Gasteiger partial charge < -0.3 is 14.5 Å². The predicted molar refractivity (Wildman–Crippen MR) is 147 cm³/mol. The second-order valence-corrected chi connectivity index (χ2v) is 11.1. The number of para-hydroxylation sites is 1. The summed E-state index contributed by atoms with van der Waals surface area (Å²) in [5, 5.41) is 3.54. The SMILES string of the molecule is COc1ccccc1C1CCN(C(=O)c2csc(C3CCN(C(=O)Cc4ccccc4Cl)CC3)n2)CC1. The number of methoxy groups -OCH3 is 1. The van der Waals surface area contributed by atoms with Crippen molar-refractivity contribution >= 4 is 34.8 Å². The van der Waals surface area contributed by atoms with Crippen LogP contribution in [0.1, 0.15) is 64.1 Å². The average Bonchev–Trinajstić information content (AvgIpc) is 3.44. The minimum Gasteiger partial charge on any atom is -0.496 e. The third-order valence-corrected chi connectivity index (χ3v) is 8.97. The van der Waals surface area contributed by atoms with Gasteiger partial charge in [-0.1, -0.05) is 48.0 Å². The molecule has 2 amide bonds. The van der Waals surface area contributed by atoms with Crippen LogP contribution in [0, 0.1) is 0 Å². The van der Waals surface area contributed by atoms with Crippen LogP contribution < -0.4 is 4.74 Å². The molecule has 0 radical (unpaired) electrons. The van der Waals surface area contributed by atoms with Gasteiger partial charge in [0.2, 0.25) is 5.91 Å². The van der Waals surface area contributed by atoms with Gasteiger partial charge in [0.1, 0.15) is 11.4 Å². The van der Waals surface area contributed by atoms with Crippen LogP contribution in [-0.4, -0.2) is 59.9 Å². The van der Waals surface area contributed by atoms with Crippen LogP contribution in [0.2, 0.25) is 5.02 Å². The number of hydrogen-bond acceptors (Lipinski definition) is 5. The molecule has 3 aromatic rings. The van der Waals surface area contributed by atoms with E-state index in [0.29, 0.717) is 36.1 Å². The second kappa shape index (κ2) is 11.7. The number of benzene rings is 2. The van der Waals surface area contributed by atoms with E-state index in [9.17, 15) is 9.59 Å². The van der Waals surface area contributed by atoms with E-state index in [0.717, 1.165) is 55.1 Å². The summed E-state index contributed by atoms with van der Waals surface area (Å²) in [4.78, 5) is 34.6. The lowest BCUT2D eigenvalue weighted by atomic mass is 9.88. The fourth-order valence-electron chi connectivity index (χ4n) is 5.42. The van der Waals surface area contributed by atoms with Gasteiger partial charge >= 0.3 is 0 Å². The molecule has 0 spiro atoms. The highest BCUT2D eigenvalue weighted by Gasteiger charge is 2.30. The Morgan fingerprint density at radius 1 is 0.946 bits per heavy atom. The smallest absolute Gasteiger partial charge is 0.273 e. The number of ether oxygens (including phenoxy) is 1. The molecule has 8 heteroatoms. The molecule has 0 atom stereocenters. The minimum absolute atomic E-state index is 0.0216. The predicted octanol–water partition coefficient (Wildman–Crippen LogP) is 5.77. The molecule has 194 valence electrons. The first-order valence-electron chi connectivity index (χ1n) is 12.9. The van der Waals surface area contributed by atoms with E-state index in [4.69, 9.17) is 21.3 Å². The molecule has 0 saturated carbocycles. The zero-order valence-electron chi connectivity index (χ0n) is 21.1. The average molecular weight is 538 g/mol. The molecule has 2 aromatic carbocycles. The number of hydrogen-bond donors (Lipinski definition) is 0. The van der Waals surface area contributed by atoms with E-state index in [-0.39, 0.29) is 17.7 Å². The van der Waals surface area contributed by atoms with Crippen molar-refractivity contribution in [2.45, 2.75) is 43.9 Å². The van der Waals surface area contributed by atoms with Crippen molar-refractivity contribution in [1.29, 1.82) is 0 Å². The number of carbonyl (C=O) groups excluding carboxylic acids is 2. The van der Waals surface area contributed by atoms with E-state index in [1.165, 1.54) is 5.56 Å². The summed E-state index contributed by atoms with van der Waals surface area (Å²) < 4.78 is 5.54. The van der Waals surface area contributed by atoms with Crippen LogP contribution in [0.25, 0.3) is 0 Å². The Morgan fingerprint density at radius 2 is 1.59 bits per heavy atom. The van der Waals surface area contributed by atoms with Crippen LogP contribution in [0.3, 0.4) is 0 Å². The number of piperidine rings is 2. The molecule has 6 nitrogen and oxygen atoms in total. The normalized spacial score (nSPS) is 17.1. The standard InChI is InChI=1S/C29H32ClN3O3S/c1-36-26-9-5-3-7-23(26)20-10-16-33(17-11-20)29(35)25-19-37-28(31-25)21-12-14-32(15-13-21)27(34)18-22-6-2-4-8-24(22)30/h2-9,19-21H,10-18H2,1H3. The molecule has 2 fully saturated rings. The lowest BCUT2D eigenvalue weighted by Crippen LogP contribution is -2.39. The van der Waals surface area contributed by atoms with Crippen molar-refractivity contribution in [2.24, 2.45) is 0 Å². The number of rotatable bonds is 6. The first-order chi connectivity index (χ1) is 18.0. The van der Waals surface area contributed by atoms with Crippen LogP contribution in [0.5, 0.6) is 5.75 Å². The van der Waals surface area contributed by atoms with Gasteiger partial charge in [0, 0.05) is 42.5 Å². The monoisotopic (exact) mass is 537 g/mol. The summed E-state index contributed by atoms with van der Waals surface area (Å²) in [7, 11) is 1.71. The molecule has 0 unspecified atom stereocenters. The van der Waals surface area contributed by atoms with Crippen molar-refractivity contribution in [3.05, 3.63) is 80.8 Å². The van der Waals surface area contributed by atoms with Crippen LogP contribution in [0.15, 0.2) is 53.9 Å².